The quantitative estimate of drug-likeness (QED) is 0.404. The normalized spacial score (nSPS) is 12.0. The van der Waals surface area contributed by atoms with E-state index in [4.69, 9.17) is 0 Å². The molecule has 0 bridgehead atoms. The molecule has 106 valence electrons. The molecule has 0 aliphatic rings. The summed E-state index contributed by atoms with van der Waals surface area (Å²) < 4.78 is 0.639. The Kier molecular flexibility index (Phi) is 3.26. The number of benzene rings is 3. The molecule has 0 unspecified atom stereocenters. The third kappa shape index (κ3) is 2.67. The van der Waals surface area contributed by atoms with Crippen LogP contribution >= 0.6 is 0 Å². The first-order valence-electron chi connectivity index (χ1n) is 7.20. The topological polar surface area (TPSA) is 17.1 Å². The molecule has 0 N–H and O–H groups in total. The summed E-state index contributed by atoms with van der Waals surface area (Å²) in [4.78, 5) is 12.7. The fourth-order valence-corrected chi connectivity index (χ4v) is 2.80. The van der Waals surface area contributed by atoms with Gasteiger partial charge in [-0.15, -0.1) is 0 Å². The van der Waals surface area contributed by atoms with Crippen molar-refractivity contribution < 1.29 is 9.28 Å². The number of quaternary nitrogens is 1. The van der Waals surface area contributed by atoms with Crippen LogP contribution in [-0.2, 0) is 0 Å². The van der Waals surface area contributed by atoms with E-state index < -0.39 is 0 Å². The van der Waals surface area contributed by atoms with Gasteiger partial charge in [-0.1, -0.05) is 48.5 Å². The summed E-state index contributed by atoms with van der Waals surface area (Å²) in [6.45, 7) is 0.502. The minimum absolute atomic E-state index is 0.199. The maximum Gasteiger partial charge on any atom is 0.217 e. The number of carbonyl (C=O) groups is 1. The van der Waals surface area contributed by atoms with Gasteiger partial charge in [-0.3, -0.25) is 4.79 Å². The fraction of sp³-hybridized carbons (Fsp3) is 0.211. The first kappa shape index (κ1) is 13.8. The Morgan fingerprint density at radius 3 is 2.10 bits per heavy atom. The SMILES string of the molecule is C[N+](C)(C)CC(=O)c1cc2ccccc2c2ccccc12. The number of hydrogen-bond donors (Lipinski definition) is 0. The Morgan fingerprint density at radius 2 is 1.43 bits per heavy atom. The largest absolute Gasteiger partial charge is 0.324 e. The first-order chi connectivity index (χ1) is 9.96. The van der Waals surface area contributed by atoms with Crippen LogP contribution in [0.1, 0.15) is 10.4 Å². The molecule has 3 aromatic rings. The van der Waals surface area contributed by atoms with Crippen molar-refractivity contribution in [3.8, 4) is 0 Å². The van der Waals surface area contributed by atoms with Crippen molar-refractivity contribution in [1.29, 1.82) is 0 Å². The molecule has 0 spiro atoms. The highest BCUT2D eigenvalue weighted by molar-refractivity contribution is 6.17. The van der Waals surface area contributed by atoms with Crippen molar-refractivity contribution in [2.24, 2.45) is 0 Å². The highest BCUT2D eigenvalue weighted by Gasteiger charge is 2.19. The Hall–Kier alpha value is -2.19. The molecule has 0 saturated heterocycles. The fourth-order valence-electron chi connectivity index (χ4n) is 2.80. The molecule has 2 heteroatoms. The number of likely N-dealkylation sites (N-methyl/N-ethyl adjacent to an activating group) is 1. The lowest BCUT2D eigenvalue weighted by molar-refractivity contribution is -0.861. The molecule has 0 aliphatic heterocycles. The third-order valence-corrected chi connectivity index (χ3v) is 3.69. The van der Waals surface area contributed by atoms with Crippen LogP contribution in [0, 0.1) is 0 Å². The Bertz CT molecular complexity index is 828. The van der Waals surface area contributed by atoms with E-state index in [1.54, 1.807) is 0 Å². The van der Waals surface area contributed by atoms with Crippen molar-refractivity contribution in [3.63, 3.8) is 0 Å². The Labute approximate surface area is 125 Å². The van der Waals surface area contributed by atoms with E-state index in [1.807, 2.05) is 57.5 Å². The second-order valence-electron chi connectivity index (χ2n) is 6.56. The van der Waals surface area contributed by atoms with Crippen molar-refractivity contribution in [2.75, 3.05) is 27.7 Å². The van der Waals surface area contributed by atoms with Crippen molar-refractivity contribution in [2.45, 2.75) is 0 Å². The lowest BCUT2D eigenvalue weighted by atomic mass is 9.95. The zero-order valence-electron chi connectivity index (χ0n) is 12.8. The van der Waals surface area contributed by atoms with Gasteiger partial charge in [0.25, 0.3) is 0 Å². The summed E-state index contributed by atoms with van der Waals surface area (Å²) >= 11 is 0. The van der Waals surface area contributed by atoms with Gasteiger partial charge in [0.2, 0.25) is 5.78 Å². The number of Topliss-reactive ketones (excluding diaryl/α,β-unsaturated/α-hetero) is 1. The van der Waals surface area contributed by atoms with Gasteiger partial charge in [0.1, 0.15) is 6.54 Å². The van der Waals surface area contributed by atoms with Crippen molar-refractivity contribution in [3.05, 3.63) is 60.2 Å². The van der Waals surface area contributed by atoms with E-state index in [1.165, 1.54) is 5.39 Å². The smallest absolute Gasteiger partial charge is 0.217 e. The molecule has 3 aromatic carbocycles. The summed E-state index contributed by atoms with van der Waals surface area (Å²) in [5.74, 6) is 0.199. The average molecular weight is 278 g/mol. The summed E-state index contributed by atoms with van der Waals surface area (Å²) in [6, 6.07) is 18.5. The number of rotatable bonds is 3. The molecule has 0 saturated carbocycles. The summed E-state index contributed by atoms with van der Waals surface area (Å²) in [7, 11) is 6.13. The maximum atomic E-state index is 12.7. The third-order valence-electron chi connectivity index (χ3n) is 3.69. The molecule has 0 aliphatic carbocycles. The average Bonchev–Trinajstić information content (AvgIpc) is 2.44. The molecular weight excluding hydrogens is 258 g/mol. The predicted octanol–water partition coefficient (Wildman–Crippen LogP) is 3.88. The van der Waals surface area contributed by atoms with Crippen LogP contribution in [0.25, 0.3) is 21.5 Å². The monoisotopic (exact) mass is 278 g/mol. The molecule has 0 radical (unpaired) electrons. The number of ketones is 1. The molecule has 0 heterocycles. The highest BCUT2D eigenvalue weighted by Crippen LogP contribution is 2.29. The predicted molar refractivity (Wildman–Crippen MR) is 88.7 cm³/mol. The first-order valence-corrected chi connectivity index (χ1v) is 7.20. The van der Waals surface area contributed by atoms with E-state index in [0.29, 0.717) is 11.0 Å². The van der Waals surface area contributed by atoms with Gasteiger partial charge in [-0.25, -0.2) is 0 Å². The summed E-state index contributed by atoms with van der Waals surface area (Å²) in [5, 5.41) is 4.53. The molecule has 21 heavy (non-hydrogen) atoms. The molecule has 0 atom stereocenters. The van der Waals surface area contributed by atoms with E-state index in [9.17, 15) is 4.79 Å². The van der Waals surface area contributed by atoms with Crippen LogP contribution < -0.4 is 0 Å². The number of carbonyl (C=O) groups excluding carboxylic acids is 1. The van der Waals surface area contributed by atoms with Crippen LogP contribution in [0.5, 0.6) is 0 Å². The minimum Gasteiger partial charge on any atom is -0.324 e. The summed E-state index contributed by atoms with van der Waals surface area (Å²) in [5.41, 5.74) is 0.831. The van der Waals surface area contributed by atoms with E-state index >= 15 is 0 Å². The van der Waals surface area contributed by atoms with Crippen LogP contribution in [0.3, 0.4) is 0 Å². The van der Waals surface area contributed by atoms with Crippen molar-refractivity contribution >= 4 is 27.3 Å². The number of hydrogen-bond acceptors (Lipinski definition) is 1. The second-order valence-corrected chi connectivity index (χ2v) is 6.56. The van der Waals surface area contributed by atoms with Gasteiger partial charge in [-0.05, 0) is 27.6 Å². The van der Waals surface area contributed by atoms with Crippen LogP contribution in [0.15, 0.2) is 54.6 Å². The molecule has 0 fully saturated rings. The standard InChI is InChI=1S/C19H20NO/c1-20(2,3)13-19(21)18-12-14-8-4-5-9-15(14)16-10-6-7-11-17(16)18/h4-12H,13H2,1-3H3/q+1. The number of nitrogens with zero attached hydrogens (tertiary/aromatic N) is 1. The van der Waals surface area contributed by atoms with E-state index in [0.717, 1.165) is 21.7 Å². The zero-order valence-corrected chi connectivity index (χ0v) is 12.8. The lowest BCUT2D eigenvalue weighted by Crippen LogP contribution is -2.39. The van der Waals surface area contributed by atoms with Crippen LogP contribution in [-0.4, -0.2) is 38.0 Å². The zero-order chi connectivity index (χ0) is 15.0. The van der Waals surface area contributed by atoms with Gasteiger partial charge >= 0.3 is 0 Å². The second kappa shape index (κ2) is 4.97. The van der Waals surface area contributed by atoms with Gasteiger partial charge in [0.05, 0.1) is 21.1 Å². The molecular formula is C19H20NO+. The number of fused-ring (bicyclic) bond motifs is 3. The van der Waals surface area contributed by atoms with Gasteiger partial charge in [0, 0.05) is 5.56 Å². The summed E-state index contributed by atoms with van der Waals surface area (Å²) in [6.07, 6.45) is 0. The van der Waals surface area contributed by atoms with Gasteiger partial charge < -0.3 is 4.48 Å². The Balaban J connectivity index is 2.28. The Morgan fingerprint density at radius 1 is 0.857 bits per heavy atom. The molecule has 0 amide bonds. The maximum absolute atomic E-state index is 12.7. The van der Waals surface area contributed by atoms with Gasteiger partial charge in [0.15, 0.2) is 0 Å². The van der Waals surface area contributed by atoms with Crippen LogP contribution in [0.4, 0.5) is 0 Å². The molecule has 2 nitrogen and oxygen atoms in total. The van der Waals surface area contributed by atoms with E-state index in [-0.39, 0.29) is 5.78 Å². The van der Waals surface area contributed by atoms with E-state index in [2.05, 4.69) is 18.2 Å². The highest BCUT2D eigenvalue weighted by atomic mass is 16.1. The minimum atomic E-state index is 0.199. The van der Waals surface area contributed by atoms with Gasteiger partial charge in [-0.2, -0.15) is 0 Å². The van der Waals surface area contributed by atoms with Crippen LogP contribution in [0.2, 0.25) is 0 Å². The van der Waals surface area contributed by atoms with Crippen molar-refractivity contribution in [1.82, 2.24) is 0 Å². The lowest BCUT2D eigenvalue weighted by Gasteiger charge is -2.23. The molecule has 0 aromatic heterocycles. The molecule has 3 rings (SSSR count).